The number of hydrogen-bond acceptors (Lipinski definition) is 3. The third-order valence-electron chi connectivity index (χ3n) is 3.03. The van der Waals surface area contributed by atoms with Gasteiger partial charge in [0.15, 0.2) is 0 Å². The first kappa shape index (κ1) is 16.5. The molecule has 0 aliphatic rings. The number of amides is 1. The van der Waals surface area contributed by atoms with E-state index in [4.69, 9.17) is 5.73 Å². The van der Waals surface area contributed by atoms with Crippen LogP contribution >= 0.6 is 0 Å². The van der Waals surface area contributed by atoms with Crippen LogP contribution in [0.3, 0.4) is 0 Å². The molecular weight excluding hydrogens is 311 g/mol. The van der Waals surface area contributed by atoms with Gasteiger partial charge in [-0.3, -0.25) is 4.79 Å². The molecule has 0 bridgehead atoms. The summed E-state index contributed by atoms with van der Waals surface area (Å²) in [5.74, 6) is -3.85. The molecule has 0 saturated carbocycles. The predicted octanol–water partition coefficient (Wildman–Crippen LogP) is 2.84. The van der Waals surface area contributed by atoms with E-state index in [1.54, 1.807) is 30.3 Å². The number of primary amides is 1. The smallest absolute Gasteiger partial charge is 0.419 e. The van der Waals surface area contributed by atoms with Gasteiger partial charge in [-0.15, -0.1) is 0 Å². The molecule has 2 aromatic rings. The lowest BCUT2D eigenvalue weighted by Crippen LogP contribution is -2.29. The highest BCUT2D eigenvalue weighted by Gasteiger charge is 2.42. The maximum Gasteiger partial charge on any atom is 0.491 e. The van der Waals surface area contributed by atoms with Gasteiger partial charge in [-0.05, 0) is 11.6 Å². The Balaban J connectivity index is 2.43. The second kappa shape index (κ2) is 6.51. The minimum atomic E-state index is -5.17. The number of nitrogens with two attached hydrogens (primary N) is 1. The van der Waals surface area contributed by atoms with Crippen LogP contribution in [0.2, 0.25) is 0 Å². The molecule has 0 fully saturated rings. The summed E-state index contributed by atoms with van der Waals surface area (Å²) in [5.41, 5.74) is 5.90. The molecule has 0 unspecified atom stereocenters. The van der Waals surface area contributed by atoms with Gasteiger partial charge in [0.2, 0.25) is 0 Å². The van der Waals surface area contributed by atoms with E-state index in [-0.39, 0.29) is 17.5 Å². The van der Waals surface area contributed by atoms with Gasteiger partial charge in [-0.2, -0.15) is 13.2 Å². The minimum absolute atomic E-state index is 0.183. The Morgan fingerprint density at radius 3 is 2.22 bits per heavy atom. The third-order valence-corrected chi connectivity index (χ3v) is 3.03. The number of alkyl halides is 3. The van der Waals surface area contributed by atoms with Gasteiger partial charge in [0, 0.05) is 12.0 Å². The maximum atomic E-state index is 12.4. The Bertz CT molecular complexity index is 727. The zero-order chi connectivity index (χ0) is 17.0. The fourth-order valence-corrected chi connectivity index (χ4v) is 2.00. The van der Waals surface area contributed by atoms with Crippen molar-refractivity contribution in [3.05, 3.63) is 65.2 Å². The van der Waals surface area contributed by atoms with E-state index in [1.165, 1.54) is 18.2 Å². The second-order valence-corrected chi connectivity index (χ2v) is 4.71. The van der Waals surface area contributed by atoms with Crippen molar-refractivity contribution in [2.45, 2.75) is 12.6 Å². The lowest BCUT2D eigenvalue weighted by molar-refractivity contribution is -0.189. The van der Waals surface area contributed by atoms with Crippen molar-refractivity contribution in [2.24, 2.45) is 5.73 Å². The molecule has 1 amide bonds. The number of para-hydroxylation sites is 1. The van der Waals surface area contributed by atoms with Crippen LogP contribution in [0.15, 0.2) is 48.5 Å². The Kier molecular flexibility index (Phi) is 4.68. The molecule has 23 heavy (non-hydrogen) atoms. The molecule has 7 heteroatoms. The standard InChI is InChI=1S/C16H12F3NO3/c17-16(18,19)15(22)23-13-11(7-4-8-12(13)14(20)21)9-10-5-2-1-3-6-10/h1-8H,9H2,(H2,20,21). The molecule has 0 radical (unpaired) electrons. The largest absolute Gasteiger partial charge is 0.491 e. The highest BCUT2D eigenvalue weighted by Crippen LogP contribution is 2.29. The third kappa shape index (κ3) is 4.09. The molecule has 0 aromatic heterocycles. The Morgan fingerprint density at radius 1 is 1.00 bits per heavy atom. The van der Waals surface area contributed by atoms with E-state index in [0.29, 0.717) is 0 Å². The van der Waals surface area contributed by atoms with E-state index >= 15 is 0 Å². The quantitative estimate of drug-likeness (QED) is 0.695. The highest BCUT2D eigenvalue weighted by atomic mass is 19.4. The average Bonchev–Trinajstić information content (AvgIpc) is 2.48. The summed E-state index contributed by atoms with van der Waals surface area (Å²) in [6, 6.07) is 13.0. The molecule has 0 heterocycles. The molecule has 0 aliphatic carbocycles. The van der Waals surface area contributed by atoms with Crippen LogP contribution in [-0.4, -0.2) is 18.1 Å². The lowest BCUT2D eigenvalue weighted by Gasteiger charge is -2.14. The molecule has 2 N–H and O–H groups in total. The van der Waals surface area contributed by atoms with Crippen molar-refractivity contribution >= 4 is 11.9 Å². The Hall–Kier alpha value is -2.83. The molecule has 4 nitrogen and oxygen atoms in total. The number of rotatable bonds is 4. The fraction of sp³-hybridized carbons (Fsp3) is 0.125. The molecule has 0 spiro atoms. The first-order chi connectivity index (χ1) is 10.8. The van der Waals surface area contributed by atoms with Gasteiger partial charge in [-0.25, -0.2) is 4.79 Å². The molecule has 0 atom stereocenters. The van der Waals surface area contributed by atoms with Crippen molar-refractivity contribution < 1.29 is 27.5 Å². The number of halogens is 3. The molecule has 0 saturated heterocycles. The van der Waals surface area contributed by atoms with Gasteiger partial charge in [0.1, 0.15) is 5.75 Å². The summed E-state index contributed by atoms with van der Waals surface area (Å²) < 4.78 is 41.7. The van der Waals surface area contributed by atoms with Gasteiger partial charge < -0.3 is 10.5 Å². The molecular formula is C16H12F3NO3. The minimum Gasteiger partial charge on any atom is -0.419 e. The summed E-state index contributed by atoms with van der Waals surface area (Å²) in [7, 11) is 0. The Morgan fingerprint density at radius 2 is 1.65 bits per heavy atom. The molecule has 120 valence electrons. The van der Waals surface area contributed by atoms with Crippen LogP contribution in [0.1, 0.15) is 21.5 Å². The first-order valence-corrected chi connectivity index (χ1v) is 6.53. The average molecular weight is 323 g/mol. The maximum absolute atomic E-state index is 12.4. The van der Waals surface area contributed by atoms with E-state index in [0.717, 1.165) is 5.56 Å². The van der Waals surface area contributed by atoms with E-state index in [1.807, 2.05) is 0 Å². The van der Waals surface area contributed by atoms with Crippen molar-refractivity contribution in [3.63, 3.8) is 0 Å². The molecule has 0 aliphatic heterocycles. The van der Waals surface area contributed by atoms with Gasteiger partial charge >= 0.3 is 12.1 Å². The topological polar surface area (TPSA) is 69.4 Å². The van der Waals surface area contributed by atoms with Crippen LogP contribution in [0.25, 0.3) is 0 Å². The second-order valence-electron chi connectivity index (χ2n) is 4.71. The number of esters is 1. The van der Waals surface area contributed by atoms with Gasteiger partial charge in [-0.1, -0.05) is 42.5 Å². The van der Waals surface area contributed by atoms with Crippen LogP contribution in [-0.2, 0) is 11.2 Å². The van der Waals surface area contributed by atoms with Gasteiger partial charge in [0.25, 0.3) is 5.91 Å². The van der Waals surface area contributed by atoms with Crippen molar-refractivity contribution in [1.29, 1.82) is 0 Å². The van der Waals surface area contributed by atoms with Crippen LogP contribution in [0.4, 0.5) is 13.2 Å². The van der Waals surface area contributed by atoms with Crippen molar-refractivity contribution in [3.8, 4) is 5.75 Å². The SMILES string of the molecule is NC(=O)c1cccc(Cc2ccccc2)c1OC(=O)C(F)(F)F. The van der Waals surface area contributed by atoms with Crippen LogP contribution < -0.4 is 10.5 Å². The fourth-order valence-electron chi connectivity index (χ4n) is 2.00. The lowest BCUT2D eigenvalue weighted by atomic mass is 10.0. The molecule has 2 rings (SSSR count). The summed E-state index contributed by atoms with van der Waals surface area (Å²) in [6.45, 7) is 0. The summed E-state index contributed by atoms with van der Waals surface area (Å²) >= 11 is 0. The molecule has 2 aromatic carbocycles. The van der Waals surface area contributed by atoms with Crippen molar-refractivity contribution in [1.82, 2.24) is 0 Å². The van der Waals surface area contributed by atoms with Gasteiger partial charge in [0.05, 0.1) is 5.56 Å². The van der Waals surface area contributed by atoms with Crippen LogP contribution in [0, 0.1) is 0 Å². The number of benzene rings is 2. The highest BCUT2D eigenvalue weighted by molar-refractivity contribution is 5.97. The zero-order valence-electron chi connectivity index (χ0n) is 11.8. The first-order valence-electron chi connectivity index (χ1n) is 6.53. The number of carbonyl (C=O) groups excluding carboxylic acids is 2. The van der Waals surface area contributed by atoms with E-state index in [2.05, 4.69) is 4.74 Å². The summed E-state index contributed by atoms with van der Waals surface area (Å²) in [4.78, 5) is 22.5. The van der Waals surface area contributed by atoms with Crippen molar-refractivity contribution in [2.75, 3.05) is 0 Å². The summed E-state index contributed by atoms with van der Waals surface area (Å²) in [5, 5.41) is 0. The predicted molar refractivity (Wildman–Crippen MR) is 75.9 cm³/mol. The number of ether oxygens (including phenoxy) is 1. The summed E-state index contributed by atoms with van der Waals surface area (Å²) in [6.07, 6.45) is -4.99. The van der Waals surface area contributed by atoms with Crippen LogP contribution in [0.5, 0.6) is 5.75 Å². The van der Waals surface area contributed by atoms with E-state index in [9.17, 15) is 22.8 Å². The number of carbonyl (C=O) groups is 2. The monoisotopic (exact) mass is 323 g/mol. The number of hydrogen-bond donors (Lipinski definition) is 1. The van der Waals surface area contributed by atoms with E-state index < -0.39 is 23.8 Å². The normalized spacial score (nSPS) is 11.1. The Labute approximate surface area is 129 Å². The zero-order valence-corrected chi connectivity index (χ0v) is 11.8.